The fourth-order valence-corrected chi connectivity index (χ4v) is 6.87. The van der Waals surface area contributed by atoms with Gasteiger partial charge in [0, 0.05) is 25.9 Å². The number of hydrogen-bond acceptors (Lipinski definition) is 6. The number of anilines is 2. The average molecular weight is 507 g/mol. The Balaban J connectivity index is 2.07. The van der Waals surface area contributed by atoms with Gasteiger partial charge in [-0.1, -0.05) is 32.9 Å². The van der Waals surface area contributed by atoms with E-state index in [0.717, 1.165) is 51.0 Å². The second-order valence-corrected chi connectivity index (χ2v) is 13.4. The summed E-state index contributed by atoms with van der Waals surface area (Å²) in [6.07, 6.45) is 4.10. The van der Waals surface area contributed by atoms with Gasteiger partial charge in [0.25, 0.3) is 10.0 Å². The molecule has 0 amide bonds. The Morgan fingerprint density at radius 1 is 1.03 bits per heavy atom. The molecule has 1 aliphatic heterocycles. The highest BCUT2D eigenvalue weighted by molar-refractivity contribution is 7.93. The number of aryl methyl sites for hydroxylation is 1. The van der Waals surface area contributed by atoms with Crippen LogP contribution in [0.5, 0.6) is 0 Å². The summed E-state index contributed by atoms with van der Waals surface area (Å²) in [6.45, 7) is 9.70. The van der Waals surface area contributed by atoms with Gasteiger partial charge in [-0.05, 0) is 74.2 Å². The van der Waals surface area contributed by atoms with Crippen LogP contribution in [0, 0.1) is 10.7 Å². The molecule has 34 heavy (non-hydrogen) atoms. The first kappa shape index (κ1) is 26.5. The Kier molecular flexibility index (Phi) is 8.65. The van der Waals surface area contributed by atoms with Crippen molar-refractivity contribution in [1.82, 2.24) is 5.32 Å². The summed E-state index contributed by atoms with van der Waals surface area (Å²) in [4.78, 5) is 2.49. The van der Waals surface area contributed by atoms with E-state index in [-0.39, 0.29) is 15.7 Å². The van der Waals surface area contributed by atoms with Gasteiger partial charge in [-0.3, -0.25) is 4.31 Å². The molecular weight excluding hydrogens is 468 g/mol. The lowest BCUT2D eigenvalue weighted by atomic mass is 10.1. The van der Waals surface area contributed by atoms with Gasteiger partial charge in [-0.2, -0.15) is 0 Å². The third kappa shape index (κ3) is 6.31. The van der Waals surface area contributed by atoms with E-state index in [1.807, 2.05) is 38.1 Å². The molecule has 2 N–H and O–H groups in total. The summed E-state index contributed by atoms with van der Waals surface area (Å²) in [5.74, 6) is 0.112. The molecule has 188 valence electrons. The lowest BCUT2D eigenvalue weighted by molar-refractivity contribution is 0.565. The predicted octanol–water partition coefficient (Wildman–Crippen LogP) is 4.33. The molecule has 1 aliphatic rings. The van der Waals surface area contributed by atoms with Gasteiger partial charge in [-0.15, -0.1) is 0 Å². The van der Waals surface area contributed by atoms with Gasteiger partial charge in [-0.25, -0.2) is 17.4 Å². The summed E-state index contributed by atoms with van der Waals surface area (Å²) in [5.41, 5.74) is 2.45. The van der Waals surface area contributed by atoms with Crippen molar-refractivity contribution < 1.29 is 12.6 Å². The van der Waals surface area contributed by atoms with E-state index in [9.17, 15) is 12.6 Å². The summed E-state index contributed by atoms with van der Waals surface area (Å²) in [5, 5.41) is 3.38. The van der Waals surface area contributed by atoms with Crippen LogP contribution < -0.4 is 14.5 Å². The summed E-state index contributed by atoms with van der Waals surface area (Å²) in [7, 11) is -7.07. The largest absolute Gasteiger partial charge is 0.370 e. The second-order valence-electron chi connectivity index (χ2n) is 9.37. The molecule has 0 radical (unpaired) electrons. The number of nitrogens with one attached hydrogen (secondary N) is 2. The Morgan fingerprint density at radius 3 is 2.18 bits per heavy atom. The quantitative estimate of drug-likeness (QED) is 0.556. The Hall–Kier alpha value is -2.10. The van der Waals surface area contributed by atoms with Gasteiger partial charge >= 0.3 is 0 Å². The lowest BCUT2D eigenvalue weighted by Gasteiger charge is -2.30. The number of sulfonamides is 1. The molecule has 3 rings (SSSR count). The van der Waals surface area contributed by atoms with Gasteiger partial charge in [0.15, 0.2) is 0 Å². The fourth-order valence-electron chi connectivity index (χ4n) is 4.19. The van der Waals surface area contributed by atoms with E-state index >= 15 is 0 Å². The first-order chi connectivity index (χ1) is 16.0. The van der Waals surface area contributed by atoms with Crippen LogP contribution in [0.25, 0.3) is 0 Å². The normalized spacial score (nSPS) is 17.1. The Bertz CT molecular complexity index is 1170. The Morgan fingerprint density at radius 2 is 1.65 bits per heavy atom. The molecular formula is C25H38N4O3S2. The minimum atomic E-state index is -3.92. The Labute approximate surface area is 205 Å². The highest BCUT2D eigenvalue weighted by Gasteiger charge is 2.28. The molecule has 0 saturated carbocycles. The van der Waals surface area contributed by atoms with Crippen LogP contribution >= 0.6 is 0 Å². The topological polar surface area (TPSA) is 93.6 Å². The highest BCUT2D eigenvalue weighted by Crippen LogP contribution is 2.32. The number of nitrogens with zero attached hydrogens (tertiary/aromatic N) is 2. The maximum Gasteiger partial charge on any atom is 0.264 e. The molecule has 0 spiro atoms. The van der Waals surface area contributed by atoms with E-state index in [1.165, 1.54) is 16.6 Å². The van der Waals surface area contributed by atoms with Gasteiger partial charge in [0.2, 0.25) is 0 Å². The minimum Gasteiger partial charge on any atom is -0.370 e. The molecule has 7 nitrogen and oxygen atoms in total. The van der Waals surface area contributed by atoms with E-state index in [4.69, 9.17) is 4.78 Å². The number of benzene rings is 2. The van der Waals surface area contributed by atoms with Crippen LogP contribution in [0.2, 0.25) is 0 Å². The first-order valence-electron chi connectivity index (χ1n) is 12.0. The monoisotopic (exact) mass is 506 g/mol. The van der Waals surface area contributed by atoms with Gasteiger partial charge in [0.1, 0.15) is 0 Å². The van der Waals surface area contributed by atoms with Crippen LogP contribution in [-0.4, -0.2) is 51.6 Å². The van der Waals surface area contributed by atoms with Crippen molar-refractivity contribution in [2.75, 3.05) is 48.2 Å². The van der Waals surface area contributed by atoms with Crippen molar-refractivity contribution >= 4 is 31.1 Å². The van der Waals surface area contributed by atoms with E-state index < -0.39 is 19.8 Å². The third-order valence-electron chi connectivity index (χ3n) is 6.01. The van der Waals surface area contributed by atoms with Crippen LogP contribution in [0.3, 0.4) is 0 Å². The maximum absolute atomic E-state index is 13.8. The lowest BCUT2D eigenvalue weighted by Crippen LogP contribution is -2.35. The SMILES string of the molecule is CCc1ccc(N(CC(C)C)S(=O)(=O)c2ccc(N3CCCNCCC3)c(S(C)(=N)=O)c2)cc1. The molecule has 9 heteroatoms. The zero-order valence-corrected chi connectivity index (χ0v) is 22.3. The summed E-state index contributed by atoms with van der Waals surface area (Å²) in [6, 6.07) is 12.4. The minimum absolute atomic E-state index is 0.0713. The molecule has 1 fully saturated rings. The smallest absolute Gasteiger partial charge is 0.264 e. The van der Waals surface area contributed by atoms with E-state index in [2.05, 4.69) is 17.1 Å². The van der Waals surface area contributed by atoms with Crippen LogP contribution in [0.1, 0.15) is 39.2 Å². The summed E-state index contributed by atoms with van der Waals surface area (Å²) >= 11 is 0. The van der Waals surface area contributed by atoms with Crippen molar-refractivity contribution in [3.63, 3.8) is 0 Å². The van der Waals surface area contributed by atoms with Gasteiger partial charge in [0.05, 0.1) is 30.9 Å². The standard InChI is InChI=1S/C25H38N4O3S2/c1-5-21-8-10-22(11-9-21)29(19-20(2)3)34(31,32)23-12-13-24(25(18-23)33(4,26)30)28-16-6-14-27-15-7-17-28/h8-13,18,20,26-27H,5-7,14-17,19H2,1-4H3. The molecule has 1 atom stereocenters. The maximum atomic E-state index is 13.8. The molecule has 1 saturated heterocycles. The van der Waals surface area contributed by atoms with Crippen molar-refractivity contribution in [2.24, 2.45) is 5.92 Å². The molecule has 0 bridgehead atoms. The molecule has 2 aromatic rings. The zero-order chi connectivity index (χ0) is 24.9. The van der Waals surface area contributed by atoms with Crippen molar-refractivity contribution in [2.45, 2.75) is 49.8 Å². The van der Waals surface area contributed by atoms with Crippen molar-refractivity contribution in [3.8, 4) is 0 Å². The van der Waals surface area contributed by atoms with Crippen LogP contribution in [0.15, 0.2) is 52.3 Å². The average Bonchev–Trinajstić information content (AvgIpc) is 2.76. The predicted molar refractivity (Wildman–Crippen MR) is 141 cm³/mol. The molecule has 2 aromatic carbocycles. The molecule has 0 aromatic heterocycles. The highest BCUT2D eigenvalue weighted by atomic mass is 32.2. The molecule has 1 unspecified atom stereocenters. The van der Waals surface area contributed by atoms with Crippen LogP contribution in [0.4, 0.5) is 11.4 Å². The fraction of sp³-hybridized carbons (Fsp3) is 0.520. The summed E-state index contributed by atoms with van der Waals surface area (Å²) < 4.78 is 50.4. The van der Waals surface area contributed by atoms with Gasteiger partial charge < -0.3 is 10.2 Å². The first-order valence-corrected chi connectivity index (χ1v) is 15.4. The number of hydrogen-bond donors (Lipinski definition) is 2. The number of rotatable bonds is 8. The van der Waals surface area contributed by atoms with E-state index in [0.29, 0.717) is 17.9 Å². The molecule has 1 heterocycles. The zero-order valence-electron chi connectivity index (χ0n) is 20.7. The van der Waals surface area contributed by atoms with Crippen molar-refractivity contribution in [3.05, 3.63) is 48.0 Å². The van der Waals surface area contributed by atoms with Crippen LogP contribution in [-0.2, 0) is 26.2 Å². The second kappa shape index (κ2) is 11.1. The van der Waals surface area contributed by atoms with Crippen molar-refractivity contribution in [1.29, 1.82) is 4.78 Å². The third-order valence-corrected chi connectivity index (χ3v) is 8.96. The van der Waals surface area contributed by atoms with E-state index in [1.54, 1.807) is 12.1 Å². The molecule has 0 aliphatic carbocycles.